The van der Waals surface area contributed by atoms with Crippen LogP contribution in [0, 0.1) is 46.3 Å². The Morgan fingerprint density at radius 2 is 1.27 bits per heavy atom. The number of hydrogen-bond donors (Lipinski definition) is 0. The van der Waals surface area contributed by atoms with Crippen LogP contribution in [0.3, 0.4) is 0 Å². The Morgan fingerprint density at radius 3 is 1.84 bits per heavy atom. The molecule has 4 aliphatic carbocycles. The zero-order valence-corrected chi connectivity index (χ0v) is 34.7. The Hall–Kier alpha value is 0.000649. The average molecular weight is 681 g/mol. The molecule has 4 aliphatic rings. The van der Waals surface area contributed by atoms with Crippen LogP contribution in [0.25, 0.3) is 0 Å². The van der Waals surface area contributed by atoms with E-state index in [1.165, 1.54) is 51.7 Å². The number of esters is 1. The van der Waals surface area contributed by atoms with Crippen LogP contribution in [0.1, 0.15) is 99.3 Å². The van der Waals surface area contributed by atoms with Crippen molar-refractivity contribution in [1.82, 2.24) is 0 Å². The largest absolute Gasteiger partial charge is 0.469 e. The lowest BCUT2D eigenvalue weighted by molar-refractivity contribution is -0.213. The predicted octanol–water partition coefficient (Wildman–Crippen LogP) is 10.3. The van der Waals surface area contributed by atoms with E-state index in [4.69, 9.17) is 18.0 Å². The summed E-state index contributed by atoms with van der Waals surface area (Å²) in [6, 6.07) is 3.45. The third-order valence-corrected chi connectivity index (χ3v) is 22.3. The normalized spacial score (nSPS) is 39.5. The molecular weight excluding hydrogens is 609 g/mol. The number of rotatable bonds is 13. The number of methoxy groups -OCH3 is 1. The van der Waals surface area contributed by atoms with E-state index in [0.717, 1.165) is 24.9 Å². The fraction of sp³-hybridized carbons (Fsp3) is 0.973. The van der Waals surface area contributed by atoms with Gasteiger partial charge in [0.15, 0.2) is 25.0 Å². The van der Waals surface area contributed by atoms with Crippen molar-refractivity contribution < 1.29 is 22.8 Å². The first-order chi connectivity index (χ1) is 20.9. The summed E-state index contributed by atoms with van der Waals surface area (Å²) in [5, 5.41) is 0. The van der Waals surface area contributed by atoms with E-state index >= 15 is 0 Å². The van der Waals surface area contributed by atoms with E-state index in [0.29, 0.717) is 53.4 Å². The highest BCUT2D eigenvalue weighted by Crippen LogP contribution is 2.69. The molecule has 11 atom stereocenters. The number of hydrogen-bond acceptors (Lipinski definition) is 5. The van der Waals surface area contributed by atoms with Crippen molar-refractivity contribution in [2.24, 2.45) is 46.3 Å². The van der Waals surface area contributed by atoms with E-state index < -0.39 is 25.0 Å². The van der Waals surface area contributed by atoms with E-state index in [-0.39, 0.29) is 23.6 Å². The van der Waals surface area contributed by atoms with Crippen LogP contribution in [0.5, 0.6) is 0 Å². The molecule has 0 aromatic rings. The van der Waals surface area contributed by atoms with Crippen LogP contribution in [0.15, 0.2) is 0 Å². The van der Waals surface area contributed by atoms with Gasteiger partial charge in [-0.3, -0.25) is 4.79 Å². The molecule has 45 heavy (non-hydrogen) atoms. The van der Waals surface area contributed by atoms with Gasteiger partial charge in [-0.2, -0.15) is 0 Å². The SMILES string of the molecule is CC[Si](C)(C)O[C@@H]1CC[C@@]2(C)[C@@H](C1)[C@@H](O[Si](C)(C)CC)[C@@H](O[Si](C)(C)CC)[C@@H]1[C@@H]2CC[C@]2(C)[C@@H]([C@H](C)CCC(=O)OC)CC[C@@H]12. The predicted molar refractivity (Wildman–Crippen MR) is 195 cm³/mol. The fourth-order valence-corrected chi connectivity index (χ4v) is 14.3. The molecule has 5 nitrogen and oxygen atoms in total. The van der Waals surface area contributed by atoms with Gasteiger partial charge in [-0.05, 0) is 155 Å². The van der Waals surface area contributed by atoms with Gasteiger partial charge in [0, 0.05) is 12.5 Å². The van der Waals surface area contributed by atoms with Gasteiger partial charge in [-0.25, -0.2) is 0 Å². The molecule has 0 N–H and O–H groups in total. The van der Waals surface area contributed by atoms with Gasteiger partial charge in [-0.15, -0.1) is 0 Å². The highest BCUT2D eigenvalue weighted by molar-refractivity contribution is 6.72. The highest BCUT2D eigenvalue weighted by atomic mass is 28.4. The first-order valence-electron chi connectivity index (χ1n) is 19.0. The third-order valence-electron chi connectivity index (χ3n) is 14.4. The summed E-state index contributed by atoms with van der Waals surface area (Å²) < 4.78 is 27.3. The number of carbonyl (C=O) groups is 1. The van der Waals surface area contributed by atoms with Crippen LogP contribution in [0.2, 0.25) is 57.4 Å². The summed E-state index contributed by atoms with van der Waals surface area (Å²) >= 11 is 0. The number of ether oxygens (including phenoxy) is 1. The van der Waals surface area contributed by atoms with E-state index in [2.05, 4.69) is 80.8 Å². The molecule has 8 heteroatoms. The Morgan fingerprint density at radius 1 is 0.733 bits per heavy atom. The molecule has 4 rings (SSSR count). The van der Waals surface area contributed by atoms with Gasteiger partial charge >= 0.3 is 5.97 Å². The molecular formula is C37H72O5Si3. The molecule has 0 amide bonds. The van der Waals surface area contributed by atoms with Gasteiger partial charge < -0.3 is 18.0 Å². The Balaban J connectivity index is 1.76. The third kappa shape index (κ3) is 7.76. The van der Waals surface area contributed by atoms with E-state index in [1.54, 1.807) is 0 Å². The molecule has 0 aromatic heterocycles. The topological polar surface area (TPSA) is 54.0 Å². The Bertz CT molecular complexity index is 1020. The molecule has 4 fully saturated rings. The molecule has 0 aromatic carbocycles. The Kier molecular flexibility index (Phi) is 11.8. The van der Waals surface area contributed by atoms with Gasteiger partial charge in [0.05, 0.1) is 19.3 Å². The molecule has 4 saturated carbocycles. The van der Waals surface area contributed by atoms with Crippen LogP contribution in [-0.4, -0.2) is 56.3 Å². The Labute approximate surface area is 281 Å². The monoisotopic (exact) mass is 680 g/mol. The molecule has 0 bridgehead atoms. The van der Waals surface area contributed by atoms with Crippen molar-refractivity contribution in [3.63, 3.8) is 0 Å². The van der Waals surface area contributed by atoms with E-state index in [1.807, 2.05) is 0 Å². The lowest BCUT2D eigenvalue weighted by atomic mass is 9.43. The van der Waals surface area contributed by atoms with Gasteiger partial charge in [-0.1, -0.05) is 41.5 Å². The first kappa shape index (κ1) is 37.8. The van der Waals surface area contributed by atoms with Crippen molar-refractivity contribution in [1.29, 1.82) is 0 Å². The van der Waals surface area contributed by atoms with Crippen molar-refractivity contribution in [3.05, 3.63) is 0 Å². The zero-order valence-electron chi connectivity index (χ0n) is 31.7. The lowest BCUT2D eigenvalue weighted by Gasteiger charge is -2.66. The second-order valence-electron chi connectivity index (χ2n) is 18.2. The van der Waals surface area contributed by atoms with Crippen molar-refractivity contribution in [2.75, 3.05) is 7.11 Å². The summed E-state index contributed by atoms with van der Waals surface area (Å²) in [5.41, 5.74) is 0.553. The molecule has 0 radical (unpaired) electrons. The molecule has 262 valence electrons. The minimum atomic E-state index is -1.89. The maximum Gasteiger partial charge on any atom is 0.305 e. The highest BCUT2D eigenvalue weighted by Gasteiger charge is 2.67. The second kappa shape index (κ2) is 14.1. The van der Waals surface area contributed by atoms with Crippen LogP contribution < -0.4 is 0 Å². The second-order valence-corrected chi connectivity index (χ2v) is 31.6. The van der Waals surface area contributed by atoms with Crippen molar-refractivity contribution in [2.45, 2.75) is 175 Å². The minimum absolute atomic E-state index is 0.0657. The maximum atomic E-state index is 12.1. The summed E-state index contributed by atoms with van der Waals surface area (Å²) in [7, 11) is -3.91. The van der Waals surface area contributed by atoms with Gasteiger partial charge in [0.2, 0.25) is 0 Å². The molecule has 0 unspecified atom stereocenters. The minimum Gasteiger partial charge on any atom is -0.469 e. The molecule has 0 saturated heterocycles. The summed E-state index contributed by atoms with van der Waals surface area (Å²) in [4.78, 5) is 12.1. The van der Waals surface area contributed by atoms with Crippen LogP contribution >= 0.6 is 0 Å². The van der Waals surface area contributed by atoms with Gasteiger partial charge in [0.1, 0.15) is 0 Å². The smallest absolute Gasteiger partial charge is 0.305 e. The maximum absolute atomic E-state index is 12.1. The summed E-state index contributed by atoms with van der Waals surface area (Å²) in [6.07, 6.45) is 11.0. The molecule has 0 aliphatic heterocycles. The van der Waals surface area contributed by atoms with Crippen molar-refractivity contribution in [3.8, 4) is 0 Å². The average Bonchev–Trinajstić information content (AvgIpc) is 3.34. The van der Waals surface area contributed by atoms with Crippen LogP contribution in [-0.2, 0) is 22.8 Å². The van der Waals surface area contributed by atoms with Crippen molar-refractivity contribution >= 4 is 30.9 Å². The molecule has 0 heterocycles. The zero-order chi connectivity index (χ0) is 33.6. The standard InChI is InChI=1S/C37H72O5Si3/c1-14-43(8,9)40-27-21-23-37(6)30-22-24-36(5)28(26(4)17-20-32(38)39-7)18-19-29(36)33(30)35(42-45(12,13)16-3)34(31(37)25-27)41-44(10,11)15-2/h26-31,33-35H,14-25H2,1-13H3/t26-,27-,28-,29+,30+,31+,33+,34-,35+,36-,37-/m1/s1. The fourth-order valence-electron chi connectivity index (χ4n) is 10.6. The quantitative estimate of drug-likeness (QED) is 0.143. The van der Waals surface area contributed by atoms with Gasteiger partial charge in [0.25, 0.3) is 0 Å². The number of carbonyl (C=O) groups excluding carboxylic acids is 1. The molecule has 0 spiro atoms. The summed E-state index contributed by atoms with van der Waals surface area (Å²) in [6.45, 7) is 29.3. The van der Waals surface area contributed by atoms with Crippen LogP contribution in [0.4, 0.5) is 0 Å². The number of fused-ring (bicyclic) bond motifs is 5. The lowest BCUT2D eigenvalue weighted by Crippen LogP contribution is -2.68. The summed E-state index contributed by atoms with van der Waals surface area (Å²) in [5.74, 6) is 3.49. The first-order valence-corrected chi connectivity index (χ1v) is 28.3. The van der Waals surface area contributed by atoms with E-state index in [9.17, 15) is 4.79 Å².